The lowest BCUT2D eigenvalue weighted by Crippen LogP contribution is -2.23. The molecule has 0 atom stereocenters. The summed E-state index contributed by atoms with van der Waals surface area (Å²) in [7, 11) is 1.59. The van der Waals surface area contributed by atoms with Gasteiger partial charge in [-0.1, -0.05) is 23.5 Å². The van der Waals surface area contributed by atoms with Crippen molar-refractivity contribution >= 4 is 23.3 Å². The molecule has 2 amide bonds. The number of benzene rings is 1. The van der Waals surface area contributed by atoms with Gasteiger partial charge in [-0.2, -0.15) is 0 Å². The molecule has 1 heterocycles. The predicted octanol–water partition coefficient (Wildman–Crippen LogP) is 1.39. The minimum Gasteiger partial charge on any atom is -0.355 e. The van der Waals surface area contributed by atoms with Gasteiger partial charge in [0.2, 0.25) is 0 Å². The lowest BCUT2D eigenvalue weighted by atomic mass is 10.1. The van der Waals surface area contributed by atoms with Gasteiger partial charge in [-0.25, -0.2) is 0 Å². The minimum absolute atomic E-state index is 0.131. The van der Waals surface area contributed by atoms with Crippen LogP contribution in [0.5, 0.6) is 0 Å². The molecule has 0 bridgehead atoms. The van der Waals surface area contributed by atoms with Gasteiger partial charge in [0.15, 0.2) is 0 Å². The van der Waals surface area contributed by atoms with Gasteiger partial charge in [0.1, 0.15) is 4.88 Å². The third kappa shape index (κ3) is 3.63. The van der Waals surface area contributed by atoms with E-state index in [0.29, 0.717) is 29.1 Å². The number of nitrogens with one attached hydrogen (secondary N) is 2. The summed E-state index contributed by atoms with van der Waals surface area (Å²) in [5.41, 5.74) is 2.23. The number of carbonyl (C=O) groups excluding carboxylic acids is 2. The molecule has 0 aliphatic heterocycles. The van der Waals surface area contributed by atoms with Crippen molar-refractivity contribution in [1.29, 1.82) is 0 Å². The first-order valence-electron chi connectivity index (χ1n) is 6.56. The van der Waals surface area contributed by atoms with Gasteiger partial charge in [0.05, 0.1) is 5.69 Å². The molecule has 0 saturated carbocycles. The van der Waals surface area contributed by atoms with Gasteiger partial charge < -0.3 is 10.6 Å². The van der Waals surface area contributed by atoms with E-state index in [1.54, 1.807) is 19.2 Å². The number of hydrogen-bond acceptors (Lipinski definition) is 5. The summed E-state index contributed by atoms with van der Waals surface area (Å²) in [6.07, 6.45) is 0.681. The summed E-state index contributed by atoms with van der Waals surface area (Å²) in [5.74, 6) is -0.300. The van der Waals surface area contributed by atoms with Crippen molar-refractivity contribution in [1.82, 2.24) is 20.2 Å². The Hall–Kier alpha value is -2.28. The quantitative estimate of drug-likeness (QED) is 0.874. The summed E-state index contributed by atoms with van der Waals surface area (Å²) < 4.78 is 3.80. The molecule has 2 N–H and O–H groups in total. The maximum atomic E-state index is 12.0. The fourth-order valence-electron chi connectivity index (χ4n) is 1.79. The number of rotatable bonds is 5. The zero-order chi connectivity index (χ0) is 15.2. The first kappa shape index (κ1) is 15.1. The number of nitrogens with zero attached hydrogens (tertiary/aromatic N) is 2. The number of aromatic nitrogens is 2. The Morgan fingerprint density at radius 3 is 2.52 bits per heavy atom. The maximum absolute atomic E-state index is 12.0. The average molecular weight is 304 g/mol. The van der Waals surface area contributed by atoms with Crippen LogP contribution in [0.15, 0.2) is 24.3 Å². The standard InChI is InChI=1S/C14H16N4O2S/c1-3-11-12(21-18-17-11)14(20)16-8-9-4-6-10(7-5-9)13(19)15-2/h4-7H,3,8H2,1-2H3,(H,15,19)(H,16,20). The van der Waals surface area contributed by atoms with E-state index in [9.17, 15) is 9.59 Å². The van der Waals surface area contributed by atoms with Gasteiger partial charge in [-0.3, -0.25) is 9.59 Å². The van der Waals surface area contributed by atoms with E-state index in [1.165, 1.54) is 0 Å². The van der Waals surface area contributed by atoms with Crippen LogP contribution in [0.4, 0.5) is 0 Å². The molecule has 0 unspecified atom stereocenters. The molecule has 6 nitrogen and oxygen atoms in total. The molecule has 2 rings (SSSR count). The van der Waals surface area contributed by atoms with Crippen LogP contribution in [0.1, 0.15) is 38.2 Å². The SMILES string of the molecule is CCc1nnsc1C(=O)NCc1ccc(C(=O)NC)cc1. The molecule has 21 heavy (non-hydrogen) atoms. The van der Waals surface area contributed by atoms with Gasteiger partial charge in [-0.15, -0.1) is 5.10 Å². The van der Waals surface area contributed by atoms with Crippen LogP contribution in [0.3, 0.4) is 0 Å². The molecule has 0 aliphatic carbocycles. The zero-order valence-corrected chi connectivity index (χ0v) is 12.7. The van der Waals surface area contributed by atoms with Crippen molar-refractivity contribution in [2.24, 2.45) is 0 Å². The third-order valence-electron chi connectivity index (χ3n) is 2.99. The van der Waals surface area contributed by atoms with Gasteiger partial charge in [-0.05, 0) is 35.6 Å². The second kappa shape index (κ2) is 6.94. The van der Waals surface area contributed by atoms with E-state index < -0.39 is 0 Å². The number of aryl methyl sites for hydroxylation is 1. The van der Waals surface area contributed by atoms with E-state index in [0.717, 1.165) is 17.1 Å². The number of amides is 2. The fraction of sp³-hybridized carbons (Fsp3) is 0.286. The monoisotopic (exact) mass is 304 g/mol. The van der Waals surface area contributed by atoms with E-state index >= 15 is 0 Å². The van der Waals surface area contributed by atoms with Crippen molar-refractivity contribution < 1.29 is 9.59 Å². The van der Waals surface area contributed by atoms with Crippen LogP contribution < -0.4 is 10.6 Å². The first-order valence-corrected chi connectivity index (χ1v) is 7.33. The molecular weight excluding hydrogens is 288 g/mol. The van der Waals surface area contributed by atoms with Gasteiger partial charge in [0.25, 0.3) is 11.8 Å². The molecule has 0 radical (unpaired) electrons. The van der Waals surface area contributed by atoms with Crippen molar-refractivity contribution in [3.63, 3.8) is 0 Å². The zero-order valence-electron chi connectivity index (χ0n) is 11.8. The van der Waals surface area contributed by atoms with Gasteiger partial charge >= 0.3 is 0 Å². The van der Waals surface area contributed by atoms with E-state index in [2.05, 4.69) is 20.2 Å². The molecule has 1 aromatic heterocycles. The molecule has 0 fully saturated rings. The smallest absolute Gasteiger partial charge is 0.265 e. The predicted molar refractivity (Wildman–Crippen MR) is 80.3 cm³/mol. The van der Waals surface area contributed by atoms with Crippen LogP contribution in [-0.2, 0) is 13.0 Å². The Morgan fingerprint density at radius 1 is 1.19 bits per heavy atom. The third-order valence-corrected chi connectivity index (χ3v) is 3.76. The van der Waals surface area contributed by atoms with Crippen molar-refractivity contribution in [2.75, 3.05) is 7.05 Å². The van der Waals surface area contributed by atoms with Crippen molar-refractivity contribution in [3.8, 4) is 0 Å². The fourth-order valence-corrected chi connectivity index (χ4v) is 2.46. The van der Waals surface area contributed by atoms with Crippen molar-refractivity contribution in [3.05, 3.63) is 46.0 Å². The maximum Gasteiger partial charge on any atom is 0.265 e. The Morgan fingerprint density at radius 2 is 1.90 bits per heavy atom. The Labute approximate surface area is 126 Å². The highest BCUT2D eigenvalue weighted by Gasteiger charge is 2.14. The van der Waals surface area contributed by atoms with E-state index in [-0.39, 0.29) is 11.8 Å². The Kier molecular flexibility index (Phi) is 4.99. The Bertz CT molecular complexity index is 637. The highest BCUT2D eigenvalue weighted by atomic mass is 32.1. The molecule has 2 aromatic rings. The first-order chi connectivity index (χ1) is 10.2. The lowest BCUT2D eigenvalue weighted by molar-refractivity contribution is 0.0948. The average Bonchev–Trinajstić information content (AvgIpc) is 3.01. The molecule has 0 spiro atoms. The second-order valence-electron chi connectivity index (χ2n) is 4.36. The highest BCUT2D eigenvalue weighted by molar-refractivity contribution is 7.08. The van der Waals surface area contributed by atoms with Crippen LogP contribution in [0, 0.1) is 0 Å². The lowest BCUT2D eigenvalue weighted by Gasteiger charge is -2.05. The van der Waals surface area contributed by atoms with Crippen LogP contribution in [0.2, 0.25) is 0 Å². The van der Waals surface area contributed by atoms with Crippen molar-refractivity contribution in [2.45, 2.75) is 19.9 Å². The van der Waals surface area contributed by atoms with E-state index in [4.69, 9.17) is 0 Å². The normalized spacial score (nSPS) is 10.2. The summed E-state index contributed by atoms with van der Waals surface area (Å²) in [6, 6.07) is 7.09. The summed E-state index contributed by atoms with van der Waals surface area (Å²) in [4.78, 5) is 24.0. The molecule has 7 heteroatoms. The molecule has 110 valence electrons. The molecule has 0 aliphatic rings. The number of carbonyl (C=O) groups is 2. The van der Waals surface area contributed by atoms with Crippen LogP contribution >= 0.6 is 11.5 Å². The summed E-state index contributed by atoms with van der Waals surface area (Å²) in [5, 5.41) is 9.31. The summed E-state index contributed by atoms with van der Waals surface area (Å²) in [6.45, 7) is 2.33. The minimum atomic E-state index is -0.169. The Balaban J connectivity index is 1.97. The van der Waals surface area contributed by atoms with Gasteiger partial charge in [0, 0.05) is 19.2 Å². The number of hydrogen-bond donors (Lipinski definition) is 2. The molecular formula is C14H16N4O2S. The summed E-state index contributed by atoms with van der Waals surface area (Å²) >= 11 is 1.10. The molecule has 1 aromatic carbocycles. The van der Waals surface area contributed by atoms with Crippen LogP contribution in [-0.4, -0.2) is 28.4 Å². The highest BCUT2D eigenvalue weighted by Crippen LogP contribution is 2.11. The second-order valence-corrected chi connectivity index (χ2v) is 5.12. The van der Waals surface area contributed by atoms with Crippen LogP contribution in [0.25, 0.3) is 0 Å². The van der Waals surface area contributed by atoms with E-state index in [1.807, 2.05) is 19.1 Å². The topological polar surface area (TPSA) is 84.0 Å². The molecule has 0 saturated heterocycles. The largest absolute Gasteiger partial charge is 0.355 e.